The monoisotopic (exact) mass is 413 g/mol. The number of hydrogen-bond acceptors (Lipinski definition) is 2. The van der Waals surface area contributed by atoms with Crippen LogP contribution in [0.1, 0.15) is 71.1 Å². The van der Waals surface area contributed by atoms with E-state index in [-0.39, 0.29) is 5.91 Å². The molecule has 4 nitrogen and oxygen atoms in total. The predicted molar refractivity (Wildman–Crippen MR) is 125 cm³/mol. The van der Waals surface area contributed by atoms with E-state index in [9.17, 15) is 9.59 Å². The molecule has 1 aliphatic rings. The second kappa shape index (κ2) is 17.5. The van der Waals surface area contributed by atoms with Gasteiger partial charge in [0.25, 0.3) is 0 Å². The van der Waals surface area contributed by atoms with Crippen LogP contribution in [0.15, 0.2) is 60.8 Å². The van der Waals surface area contributed by atoms with Crippen molar-refractivity contribution >= 4 is 11.9 Å². The van der Waals surface area contributed by atoms with Gasteiger partial charge in [0.05, 0.1) is 5.92 Å². The number of carboxylic acid groups (broad SMARTS) is 1. The van der Waals surface area contributed by atoms with Crippen LogP contribution in [0.3, 0.4) is 0 Å². The Balaban J connectivity index is 2.03. The van der Waals surface area contributed by atoms with E-state index >= 15 is 0 Å². The summed E-state index contributed by atoms with van der Waals surface area (Å²) in [6.07, 6.45) is 30.4. The maximum atomic E-state index is 12.2. The molecule has 0 aliphatic carbocycles. The zero-order valence-electron chi connectivity index (χ0n) is 18.5. The van der Waals surface area contributed by atoms with Crippen LogP contribution in [0.5, 0.6) is 0 Å². The molecule has 1 heterocycles. The van der Waals surface area contributed by atoms with Gasteiger partial charge in [-0.05, 0) is 57.8 Å². The van der Waals surface area contributed by atoms with E-state index in [0.29, 0.717) is 25.9 Å². The Bertz CT molecular complexity index is 628. The smallest absolute Gasteiger partial charge is 0.308 e. The van der Waals surface area contributed by atoms with Crippen molar-refractivity contribution in [3.8, 4) is 0 Å². The quantitative estimate of drug-likeness (QED) is 0.271. The molecule has 0 aromatic heterocycles. The van der Waals surface area contributed by atoms with Gasteiger partial charge in [0.15, 0.2) is 0 Å². The molecular weight excluding hydrogens is 374 g/mol. The summed E-state index contributed by atoms with van der Waals surface area (Å²) in [4.78, 5) is 25.0. The summed E-state index contributed by atoms with van der Waals surface area (Å²) in [5.41, 5.74) is 0. The molecule has 0 saturated carbocycles. The van der Waals surface area contributed by atoms with Gasteiger partial charge in [0, 0.05) is 19.5 Å². The summed E-state index contributed by atoms with van der Waals surface area (Å²) in [7, 11) is 0. The molecule has 1 unspecified atom stereocenters. The van der Waals surface area contributed by atoms with Crippen molar-refractivity contribution in [3.05, 3.63) is 60.8 Å². The highest BCUT2D eigenvalue weighted by molar-refractivity contribution is 5.78. The summed E-state index contributed by atoms with van der Waals surface area (Å²) < 4.78 is 0. The number of carboxylic acids is 1. The normalized spacial score (nSPS) is 18.0. The minimum Gasteiger partial charge on any atom is -0.481 e. The number of allylic oxidation sites excluding steroid dienone is 10. The summed E-state index contributed by atoms with van der Waals surface area (Å²) in [5, 5.41) is 9.11. The van der Waals surface area contributed by atoms with Gasteiger partial charge in [-0.1, -0.05) is 67.7 Å². The van der Waals surface area contributed by atoms with Crippen LogP contribution in [0.4, 0.5) is 0 Å². The van der Waals surface area contributed by atoms with Crippen LogP contribution in [0, 0.1) is 5.92 Å². The van der Waals surface area contributed by atoms with E-state index in [1.807, 2.05) is 0 Å². The lowest BCUT2D eigenvalue weighted by Crippen LogP contribution is -2.42. The zero-order valence-corrected chi connectivity index (χ0v) is 18.5. The van der Waals surface area contributed by atoms with Crippen LogP contribution >= 0.6 is 0 Å². The van der Waals surface area contributed by atoms with Crippen molar-refractivity contribution in [2.24, 2.45) is 5.92 Å². The average Bonchev–Trinajstić information content (AvgIpc) is 2.75. The highest BCUT2D eigenvalue weighted by Gasteiger charge is 2.27. The van der Waals surface area contributed by atoms with Crippen LogP contribution in [0.25, 0.3) is 0 Å². The molecular formula is C26H39NO3. The molecule has 1 rings (SSSR count). The topological polar surface area (TPSA) is 57.6 Å². The van der Waals surface area contributed by atoms with Gasteiger partial charge in [-0.25, -0.2) is 0 Å². The minimum absolute atomic E-state index is 0.0910. The number of likely N-dealkylation sites (tertiary alicyclic amines) is 1. The minimum atomic E-state index is -0.786. The fourth-order valence-corrected chi connectivity index (χ4v) is 3.30. The third-order valence-electron chi connectivity index (χ3n) is 5.04. The van der Waals surface area contributed by atoms with Crippen molar-refractivity contribution in [1.29, 1.82) is 0 Å². The molecule has 166 valence electrons. The number of nitrogens with zero attached hydrogens (tertiary/aromatic N) is 1. The number of rotatable bonds is 14. The van der Waals surface area contributed by atoms with E-state index in [2.05, 4.69) is 67.7 Å². The summed E-state index contributed by atoms with van der Waals surface area (Å²) >= 11 is 0. The Morgan fingerprint density at radius 3 is 1.93 bits per heavy atom. The number of unbranched alkanes of at least 4 members (excludes halogenated alkanes) is 1. The second-order valence-corrected chi connectivity index (χ2v) is 7.62. The van der Waals surface area contributed by atoms with Gasteiger partial charge in [-0.15, -0.1) is 0 Å². The summed E-state index contributed by atoms with van der Waals surface area (Å²) in [6, 6.07) is 0. The molecule has 1 N–H and O–H groups in total. The third kappa shape index (κ3) is 13.0. The van der Waals surface area contributed by atoms with Crippen molar-refractivity contribution in [2.45, 2.75) is 71.1 Å². The van der Waals surface area contributed by atoms with Gasteiger partial charge in [0.2, 0.25) is 5.91 Å². The van der Waals surface area contributed by atoms with Crippen molar-refractivity contribution < 1.29 is 14.7 Å². The molecule has 4 heteroatoms. The maximum absolute atomic E-state index is 12.2. The fraction of sp³-hybridized carbons (Fsp3) is 0.538. The highest BCUT2D eigenvalue weighted by Crippen LogP contribution is 2.18. The second-order valence-electron chi connectivity index (χ2n) is 7.62. The van der Waals surface area contributed by atoms with E-state index < -0.39 is 11.9 Å². The van der Waals surface area contributed by atoms with Crippen molar-refractivity contribution in [2.75, 3.05) is 13.1 Å². The van der Waals surface area contributed by atoms with Crippen molar-refractivity contribution in [3.63, 3.8) is 0 Å². The first-order chi connectivity index (χ1) is 14.6. The lowest BCUT2D eigenvalue weighted by Gasteiger charge is -2.30. The van der Waals surface area contributed by atoms with Gasteiger partial charge in [0.1, 0.15) is 0 Å². The number of carbonyl (C=O) groups excluding carboxylic acids is 1. The number of piperidine rings is 1. The molecule has 1 fully saturated rings. The molecule has 0 spiro atoms. The van der Waals surface area contributed by atoms with Crippen LogP contribution in [0.2, 0.25) is 0 Å². The number of aliphatic carboxylic acids is 1. The van der Waals surface area contributed by atoms with E-state index in [4.69, 9.17) is 5.11 Å². The summed E-state index contributed by atoms with van der Waals surface area (Å²) in [6.45, 7) is 3.21. The molecule has 0 radical (unpaired) electrons. The third-order valence-corrected chi connectivity index (χ3v) is 5.04. The fourth-order valence-electron chi connectivity index (χ4n) is 3.30. The standard InChI is InChI=1S/C26H39NO3/c1-2-3-4-5-6-7-8-9-10-11-12-13-14-15-16-17-18-21-25(28)27-22-19-20-24(23-27)26(29)30/h3-4,6-7,9-10,12-13,15-16,24H,2,5,8,11,14,17-23H2,1H3,(H,29,30)/b4-3+,7-6+,10-9+,13-12+,16-15+. The van der Waals surface area contributed by atoms with Crippen LogP contribution in [-0.2, 0) is 9.59 Å². The van der Waals surface area contributed by atoms with Gasteiger partial charge < -0.3 is 10.0 Å². The molecule has 30 heavy (non-hydrogen) atoms. The number of hydrogen-bond donors (Lipinski definition) is 1. The molecule has 1 atom stereocenters. The van der Waals surface area contributed by atoms with E-state index in [1.54, 1.807) is 4.90 Å². The lowest BCUT2D eigenvalue weighted by molar-refractivity contribution is -0.145. The molecule has 0 aromatic carbocycles. The van der Waals surface area contributed by atoms with E-state index in [1.165, 1.54) is 0 Å². The van der Waals surface area contributed by atoms with Crippen LogP contribution < -0.4 is 0 Å². The average molecular weight is 414 g/mol. The van der Waals surface area contributed by atoms with Crippen molar-refractivity contribution in [1.82, 2.24) is 4.90 Å². The first-order valence-corrected chi connectivity index (χ1v) is 11.4. The Hall–Kier alpha value is -2.36. The van der Waals surface area contributed by atoms with Gasteiger partial charge >= 0.3 is 5.97 Å². The number of amides is 1. The Morgan fingerprint density at radius 1 is 0.867 bits per heavy atom. The lowest BCUT2D eigenvalue weighted by atomic mass is 9.98. The van der Waals surface area contributed by atoms with Gasteiger partial charge in [-0.3, -0.25) is 9.59 Å². The highest BCUT2D eigenvalue weighted by atomic mass is 16.4. The molecule has 1 amide bonds. The zero-order chi connectivity index (χ0) is 21.9. The Labute approximate surface area is 182 Å². The molecule has 1 aliphatic heterocycles. The van der Waals surface area contributed by atoms with Gasteiger partial charge in [-0.2, -0.15) is 0 Å². The SMILES string of the molecule is CC/C=C/C/C=C/C/C=C/C/C=C/C/C=C/CCCC(=O)N1CCCC(C(=O)O)C1. The Morgan fingerprint density at radius 2 is 1.40 bits per heavy atom. The maximum Gasteiger partial charge on any atom is 0.308 e. The number of carbonyl (C=O) groups is 2. The molecule has 0 bridgehead atoms. The Kier molecular flexibility index (Phi) is 15.0. The first kappa shape index (κ1) is 25.7. The first-order valence-electron chi connectivity index (χ1n) is 11.4. The van der Waals surface area contributed by atoms with Crippen LogP contribution in [-0.4, -0.2) is 35.0 Å². The largest absolute Gasteiger partial charge is 0.481 e. The molecule has 1 saturated heterocycles. The predicted octanol–water partition coefficient (Wildman–Crippen LogP) is 6.23. The van der Waals surface area contributed by atoms with E-state index in [0.717, 1.165) is 51.4 Å². The molecule has 0 aromatic rings. The summed E-state index contributed by atoms with van der Waals surface area (Å²) in [5.74, 6) is -1.09.